The van der Waals surface area contributed by atoms with E-state index in [0.717, 1.165) is 50.3 Å². The van der Waals surface area contributed by atoms with Crippen LogP contribution < -0.4 is 0 Å². The van der Waals surface area contributed by atoms with E-state index < -0.39 is 10.0 Å². The maximum atomic E-state index is 13.2. The number of hydrogen-bond donors (Lipinski definition) is 0. The third-order valence-corrected chi connectivity index (χ3v) is 8.83. The monoisotopic (exact) mass is 473 g/mol. The lowest BCUT2D eigenvalue weighted by Gasteiger charge is -2.32. The first kappa shape index (κ1) is 22.5. The van der Waals surface area contributed by atoms with E-state index in [2.05, 4.69) is 14.8 Å². The Morgan fingerprint density at radius 3 is 2.52 bits per heavy atom. The summed E-state index contributed by atoms with van der Waals surface area (Å²) in [6.07, 6.45) is 6.41. The van der Waals surface area contributed by atoms with Crippen molar-refractivity contribution in [2.45, 2.75) is 55.9 Å². The number of carbonyl (C=O) groups is 1. The number of benzene rings is 1. The van der Waals surface area contributed by atoms with Crippen LogP contribution in [0.5, 0.6) is 0 Å². The van der Waals surface area contributed by atoms with Gasteiger partial charge < -0.3 is 14.2 Å². The Morgan fingerprint density at radius 1 is 0.939 bits per heavy atom. The van der Waals surface area contributed by atoms with Crippen LogP contribution >= 0.6 is 0 Å². The van der Waals surface area contributed by atoms with E-state index in [1.807, 2.05) is 4.90 Å². The van der Waals surface area contributed by atoms with Crippen LogP contribution in [0.25, 0.3) is 0 Å². The first-order valence-electron chi connectivity index (χ1n) is 11.9. The number of amides is 1. The summed E-state index contributed by atoms with van der Waals surface area (Å²) in [4.78, 5) is 15.3. The number of likely N-dealkylation sites (tertiary alicyclic amines) is 1. The number of hydrogen-bond acceptors (Lipinski definition) is 6. The Bertz CT molecular complexity index is 1090. The number of aromatic nitrogens is 3. The minimum atomic E-state index is -3.57. The summed E-state index contributed by atoms with van der Waals surface area (Å²) in [6.45, 7) is 3.79. The molecule has 4 heterocycles. The average Bonchev–Trinajstić information content (AvgIpc) is 3.12. The Labute approximate surface area is 194 Å². The summed E-state index contributed by atoms with van der Waals surface area (Å²) in [7, 11) is -3.57. The SMILES string of the molecule is O=C(c1ccc(S(=O)(=O)N2CCOCC2)cc1)N1CCCC(c2nnc3n2CCCCC3)C1. The van der Waals surface area contributed by atoms with Crippen molar-refractivity contribution < 1.29 is 17.9 Å². The number of morpholine rings is 1. The fraction of sp³-hybridized carbons (Fsp3) is 0.609. The van der Waals surface area contributed by atoms with Crippen LogP contribution in [-0.4, -0.2) is 77.7 Å². The molecule has 2 aromatic rings. The largest absolute Gasteiger partial charge is 0.379 e. The molecule has 1 aromatic carbocycles. The number of fused-ring (bicyclic) bond motifs is 1. The number of piperidine rings is 1. The zero-order valence-electron chi connectivity index (χ0n) is 18.9. The third kappa shape index (κ3) is 4.56. The van der Waals surface area contributed by atoms with Gasteiger partial charge in [-0.15, -0.1) is 10.2 Å². The molecule has 2 saturated heterocycles. The topological polar surface area (TPSA) is 97.6 Å². The van der Waals surface area contributed by atoms with Gasteiger partial charge in [0.2, 0.25) is 10.0 Å². The zero-order chi connectivity index (χ0) is 22.8. The summed E-state index contributed by atoms with van der Waals surface area (Å²) >= 11 is 0. The number of nitrogens with zero attached hydrogens (tertiary/aromatic N) is 5. The van der Waals surface area contributed by atoms with Crippen LogP contribution in [-0.2, 0) is 27.7 Å². The minimum Gasteiger partial charge on any atom is -0.379 e. The molecule has 0 bridgehead atoms. The van der Waals surface area contributed by atoms with Crippen LogP contribution in [0.15, 0.2) is 29.2 Å². The Hall–Kier alpha value is -2.30. The summed E-state index contributed by atoms with van der Waals surface area (Å²) < 4.78 is 34.7. The molecule has 0 N–H and O–H groups in total. The maximum Gasteiger partial charge on any atom is 0.253 e. The quantitative estimate of drug-likeness (QED) is 0.674. The van der Waals surface area contributed by atoms with Gasteiger partial charge in [0.15, 0.2) is 0 Å². The first-order chi connectivity index (χ1) is 16.0. The van der Waals surface area contributed by atoms with Crippen molar-refractivity contribution >= 4 is 15.9 Å². The predicted octanol–water partition coefficient (Wildman–Crippen LogP) is 2.05. The molecule has 3 aliphatic heterocycles. The molecule has 9 nitrogen and oxygen atoms in total. The Balaban J connectivity index is 1.29. The van der Waals surface area contributed by atoms with Gasteiger partial charge in [-0.1, -0.05) is 6.42 Å². The maximum absolute atomic E-state index is 13.2. The average molecular weight is 474 g/mol. The van der Waals surface area contributed by atoms with Crippen LogP contribution in [0.1, 0.15) is 60.0 Å². The van der Waals surface area contributed by atoms with Crippen molar-refractivity contribution in [1.29, 1.82) is 0 Å². The second-order valence-electron chi connectivity index (χ2n) is 9.07. The van der Waals surface area contributed by atoms with E-state index >= 15 is 0 Å². The molecule has 1 amide bonds. The summed E-state index contributed by atoms with van der Waals surface area (Å²) in [5.74, 6) is 2.20. The molecule has 10 heteroatoms. The van der Waals surface area contributed by atoms with Gasteiger partial charge in [0.25, 0.3) is 5.91 Å². The van der Waals surface area contributed by atoms with Gasteiger partial charge in [-0.3, -0.25) is 4.79 Å². The van der Waals surface area contributed by atoms with E-state index in [1.165, 1.54) is 22.9 Å². The molecule has 0 spiro atoms. The molecule has 0 saturated carbocycles. The third-order valence-electron chi connectivity index (χ3n) is 6.92. The van der Waals surface area contributed by atoms with Gasteiger partial charge >= 0.3 is 0 Å². The van der Waals surface area contributed by atoms with Crippen LogP contribution in [0.3, 0.4) is 0 Å². The number of carbonyl (C=O) groups excluding carboxylic acids is 1. The second kappa shape index (κ2) is 9.52. The second-order valence-corrected chi connectivity index (χ2v) is 11.0. The van der Waals surface area contributed by atoms with Crippen molar-refractivity contribution in [2.24, 2.45) is 0 Å². The summed E-state index contributed by atoms with van der Waals surface area (Å²) in [6, 6.07) is 6.33. The number of sulfonamides is 1. The highest BCUT2D eigenvalue weighted by molar-refractivity contribution is 7.89. The lowest BCUT2D eigenvalue weighted by molar-refractivity contribution is 0.0703. The standard InChI is InChI=1S/C23H31N5O4S/c29-23(18-7-9-20(10-8-18)33(30,31)27-13-15-32-16-14-27)26-11-4-5-19(17-26)22-25-24-21-6-2-1-3-12-28(21)22/h7-10,19H,1-6,11-17H2. The number of aryl methyl sites for hydroxylation is 1. The number of rotatable bonds is 4. The fourth-order valence-corrected chi connectivity index (χ4v) is 6.48. The predicted molar refractivity (Wildman–Crippen MR) is 121 cm³/mol. The van der Waals surface area contributed by atoms with Gasteiger partial charge in [-0.2, -0.15) is 4.31 Å². The zero-order valence-corrected chi connectivity index (χ0v) is 19.7. The number of ether oxygens (including phenoxy) is 1. The first-order valence-corrected chi connectivity index (χ1v) is 13.4. The molecule has 1 aromatic heterocycles. The van der Waals surface area contributed by atoms with E-state index in [1.54, 1.807) is 12.1 Å². The Morgan fingerprint density at radius 2 is 1.73 bits per heavy atom. The van der Waals surface area contributed by atoms with Crippen molar-refractivity contribution in [3.8, 4) is 0 Å². The van der Waals surface area contributed by atoms with Crippen molar-refractivity contribution in [1.82, 2.24) is 24.0 Å². The smallest absolute Gasteiger partial charge is 0.253 e. The van der Waals surface area contributed by atoms with E-state index in [0.29, 0.717) is 45.0 Å². The molecule has 178 valence electrons. The lowest BCUT2D eigenvalue weighted by Crippen LogP contribution is -2.41. The van der Waals surface area contributed by atoms with E-state index in [4.69, 9.17) is 4.74 Å². The highest BCUT2D eigenvalue weighted by Gasteiger charge is 2.31. The van der Waals surface area contributed by atoms with Crippen molar-refractivity contribution in [3.05, 3.63) is 41.5 Å². The lowest BCUT2D eigenvalue weighted by atomic mass is 9.96. The molecule has 5 rings (SSSR count). The van der Waals surface area contributed by atoms with Gasteiger partial charge in [0.05, 0.1) is 18.1 Å². The molecular weight excluding hydrogens is 442 g/mol. The molecule has 0 aliphatic carbocycles. The molecule has 1 atom stereocenters. The van der Waals surface area contributed by atoms with Gasteiger partial charge in [-0.05, 0) is 49.9 Å². The summed E-state index contributed by atoms with van der Waals surface area (Å²) in [5.41, 5.74) is 0.511. The fourth-order valence-electron chi connectivity index (χ4n) is 5.07. The molecule has 2 fully saturated rings. The van der Waals surface area contributed by atoms with Gasteiger partial charge in [0.1, 0.15) is 11.6 Å². The van der Waals surface area contributed by atoms with Crippen LogP contribution in [0.4, 0.5) is 0 Å². The molecule has 33 heavy (non-hydrogen) atoms. The molecule has 3 aliphatic rings. The van der Waals surface area contributed by atoms with E-state index in [-0.39, 0.29) is 16.7 Å². The normalized spacial score (nSPS) is 22.5. The Kier molecular flexibility index (Phi) is 6.49. The molecule has 1 unspecified atom stereocenters. The van der Waals surface area contributed by atoms with Crippen LogP contribution in [0.2, 0.25) is 0 Å². The van der Waals surface area contributed by atoms with Gasteiger partial charge in [0, 0.05) is 50.6 Å². The summed E-state index contributed by atoms with van der Waals surface area (Å²) in [5, 5.41) is 8.94. The highest BCUT2D eigenvalue weighted by atomic mass is 32.2. The van der Waals surface area contributed by atoms with E-state index in [9.17, 15) is 13.2 Å². The van der Waals surface area contributed by atoms with Crippen molar-refractivity contribution in [2.75, 3.05) is 39.4 Å². The highest BCUT2D eigenvalue weighted by Crippen LogP contribution is 2.29. The van der Waals surface area contributed by atoms with Crippen LogP contribution in [0, 0.1) is 0 Å². The van der Waals surface area contributed by atoms with Crippen molar-refractivity contribution in [3.63, 3.8) is 0 Å². The minimum absolute atomic E-state index is 0.0642. The van der Waals surface area contributed by atoms with Gasteiger partial charge in [-0.25, -0.2) is 8.42 Å². The molecular formula is C23H31N5O4S. The molecule has 0 radical (unpaired) electrons.